The zero-order chi connectivity index (χ0) is 16.2. The fourth-order valence-electron chi connectivity index (χ4n) is 3.02. The van der Waals surface area contributed by atoms with Crippen molar-refractivity contribution in [2.24, 2.45) is 5.92 Å². The standard InChI is InChI=1S/C15H27N3O3S/c1-4-9-22(19,20)17-6-5-14(12-17)10-15-16-11-13(2)18(15)7-8-21-3/h11,14H,4-10,12H2,1-3H3. The van der Waals surface area contributed by atoms with Crippen molar-refractivity contribution in [1.82, 2.24) is 13.9 Å². The van der Waals surface area contributed by atoms with Crippen LogP contribution in [0.4, 0.5) is 0 Å². The molecule has 22 heavy (non-hydrogen) atoms. The van der Waals surface area contributed by atoms with Crippen LogP contribution < -0.4 is 0 Å². The number of nitrogens with zero attached hydrogens (tertiary/aromatic N) is 3. The van der Waals surface area contributed by atoms with E-state index in [0.29, 0.717) is 32.0 Å². The molecule has 1 atom stereocenters. The van der Waals surface area contributed by atoms with Crippen molar-refractivity contribution >= 4 is 10.0 Å². The highest BCUT2D eigenvalue weighted by molar-refractivity contribution is 7.89. The second kappa shape index (κ2) is 7.57. The van der Waals surface area contributed by atoms with E-state index in [1.54, 1.807) is 11.4 Å². The molecule has 0 aliphatic carbocycles. The van der Waals surface area contributed by atoms with E-state index in [1.165, 1.54) is 0 Å². The molecule has 7 heteroatoms. The van der Waals surface area contributed by atoms with Crippen molar-refractivity contribution in [1.29, 1.82) is 0 Å². The lowest BCUT2D eigenvalue weighted by atomic mass is 10.0. The SMILES string of the molecule is CCCS(=O)(=O)N1CCC(Cc2ncc(C)n2CCOC)C1. The summed E-state index contributed by atoms with van der Waals surface area (Å²) in [5, 5.41) is 0. The van der Waals surface area contributed by atoms with Crippen molar-refractivity contribution in [2.75, 3.05) is 32.6 Å². The molecule has 1 saturated heterocycles. The molecule has 0 N–H and O–H groups in total. The van der Waals surface area contributed by atoms with Gasteiger partial charge >= 0.3 is 0 Å². The van der Waals surface area contributed by atoms with Crippen molar-refractivity contribution < 1.29 is 13.2 Å². The van der Waals surface area contributed by atoms with Crippen LogP contribution in [0.15, 0.2) is 6.20 Å². The van der Waals surface area contributed by atoms with Gasteiger partial charge in [0.1, 0.15) is 5.82 Å². The third kappa shape index (κ3) is 4.08. The van der Waals surface area contributed by atoms with Gasteiger partial charge in [0.15, 0.2) is 0 Å². The molecule has 2 rings (SSSR count). The highest BCUT2D eigenvalue weighted by atomic mass is 32.2. The first-order valence-corrected chi connectivity index (χ1v) is 9.56. The smallest absolute Gasteiger partial charge is 0.214 e. The molecule has 1 aliphatic rings. The zero-order valence-electron chi connectivity index (χ0n) is 13.8. The number of rotatable bonds is 8. The minimum atomic E-state index is -3.07. The number of imidazole rings is 1. The highest BCUT2D eigenvalue weighted by Gasteiger charge is 2.31. The van der Waals surface area contributed by atoms with Gasteiger partial charge < -0.3 is 9.30 Å². The van der Waals surface area contributed by atoms with Crippen molar-refractivity contribution in [3.8, 4) is 0 Å². The van der Waals surface area contributed by atoms with Gasteiger partial charge in [0.05, 0.1) is 12.4 Å². The molecule has 1 aromatic heterocycles. The van der Waals surface area contributed by atoms with E-state index >= 15 is 0 Å². The number of ether oxygens (including phenoxy) is 1. The Hall–Kier alpha value is -0.920. The fourth-order valence-corrected chi connectivity index (χ4v) is 4.62. The van der Waals surface area contributed by atoms with Crippen LogP contribution in [0.3, 0.4) is 0 Å². The molecular formula is C15H27N3O3S. The van der Waals surface area contributed by atoms with Gasteiger partial charge in [-0.1, -0.05) is 6.92 Å². The van der Waals surface area contributed by atoms with Gasteiger partial charge in [-0.05, 0) is 25.7 Å². The second-order valence-corrected chi connectivity index (χ2v) is 8.08. The van der Waals surface area contributed by atoms with Crippen LogP contribution in [0, 0.1) is 12.8 Å². The van der Waals surface area contributed by atoms with E-state index in [0.717, 1.165) is 30.9 Å². The summed E-state index contributed by atoms with van der Waals surface area (Å²) in [5.41, 5.74) is 1.13. The molecule has 1 unspecified atom stereocenters. The largest absolute Gasteiger partial charge is 0.383 e. The van der Waals surface area contributed by atoms with Gasteiger partial charge in [-0.15, -0.1) is 0 Å². The maximum absolute atomic E-state index is 12.1. The Bertz CT molecular complexity index is 583. The Labute approximate surface area is 133 Å². The van der Waals surface area contributed by atoms with Crippen LogP contribution in [0.1, 0.15) is 31.3 Å². The van der Waals surface area contributed by atoms with Crippen LogP contribution in [0.25, 0.3) is 0 Å². The number of methoxy groups -OCH3 is 1. The summed E-state index contributed by atoms with van der Waals surface area (Å²) in [4.78, 5) is 4.50. The molecule has 0 saturated carbocycles. The monoisotopic (exact) mass is 329 g/mol. The minimum absolute atomic E-state index is 0.251. The molecule has 2 heterocycles. The Morgan fingerprint density at radius 1 is 1.45 bits per heavy atom. The number of sulfonamides is 1. The van der Waals surface area contributed by atoms with Crippen molar-refractivity contribution in [3.63, 3.8) is 0 Å². The van der Waals surface area contributed by atoms with Gasteiger partial charge in [0.25, 0.3) is 0 Å². The Morgan fingerprint density at radius 3 is 2.91 bits per heavy atom. The first-order valence-electron chi connectivity index (χ1n) is 7.95. The summed E-state index contributed by atoms with van der Waals surface area (Å²) in [7, 11) is -1.37. The maximum Gasteiger partial charge on any atom is 0.214 e. The summed E-state index contributed by atoms with van der Waals surface area (Å²) in [5.74, 6) is 1.64. The lowest BCUT2D eigenvalue weighted by molar-refractivity contribution is 0.185. The third-order valence-electron chi connectivity index (χ3n) is 4.23. The van der Waals surface area contributed by atoms with Crippen LogP contribution in [-0.2, 0) is 27.7 Å². The quantitative estimate of drug-likeness (QED) is 0.724. The van der Waals surface area contributed by atoms with Crippen molar-refractivity contribution in [3.05, 3.63) is 17.7 Å². The highest BCUT2D eigenvalue weighted by Crippen LogP contribution is 2.23. The summed E-state index contributed by atoms with van der Waals surface area (Å²) in [6.07, 6.45) is 4.30. The van der Waals surface area contributed by atoms with E-state index in [-0.39, 0.29) is 5.75 Å². The van der Waals surface area contributed by atoms with E-state index in [2.05, 4.69) is 9.55 Å². The number of aromatic nitrogens is 2. The predicted molar refractivity (Wildman–Crippen MR) is 86.3 cm³/mol. The summed E-state index contributed by atoms with van der Waals surface area (Å²) in [6.45, 7) is 6.66. The lowest BCUT2D eigenvalue weighted by Gasteiger charge is -2.16. The normalized spacial score (nSPS) is 19.9. The zero-order valence-corrected chi connectivity index (χ0v) is 14.6. The Kier molecular flexibility index (Phi) is 6.00. The fraction of sp³-hybridized carbons (Fsp3) is 0.800. The molecule has 0 radical (unpaired) electrons. The third-order valence-corrected chi connectivity index (χ3v) is 6.27. The van der Waals surface area contributed by atoms with Crippen LogP contribution in [0.2, 0.25) is 0 Å². The van der Waals surface area contributed by atoms with Crippen LogP contribution in [0.5, 0.6) is 0 Å². The summed E-state index contributed by atoms with van der Waals surface area (Å²) < 4.78 is 33.2. The molecule has 126 valence electrons. The molecule has 6 nitrogen and oxygen atoms in total. The number of hydrogen-bond acceptors (Lipinski definition) is 4. The molecule has 0 aromatic carbocycles. The van der Waals surface area contributed by atoms with Gasteiger partial charge in [0.2, 0.25) is 10.0 Å². The van der Waals surface area contributed by atoms with Crippen molar-refractivity contribution in [2.45, 2.75) is 39.7 Å². The Morgan fingerprint density at radius 2 is 2.23 bits per heavy atom. The van der Waals surface area contributed by atoms with Crippen LogP contribution >= 0.6 is 0 Å². The average Bonchev–Trinajstić information content (AvgIpc) is 3.06. The van der Waals surface area contributed by atoms with Gasteiger partial charge in [-0.25, -0.2) is 17.7 Å². The Balaban J connectivity index is 1.99. The molecule has 1 fully saturated rings. The summed E-state index contributed by atoms with van der Waals surface area (Å²) in [6, 6.07) is 0. The first-order chi connectivity index (χ1) is 10.5. The second-order valence-electron chi connectivity index (χ2n) is 5.99. The van der Waals surface area contributed by atoms with E-state index in [1.807, 2.05) is 20.0 Å². The number of hydrogen-bond donors (Lipinski definition) is 0. The molecular weight excluding hydrogens is 302 g/mol. The van der Waals surface area contributed by atoms with E-state index in [4.69, 9.17) is 4.74 Å². The molecule has 0 spiro atoms. The molecule has 1 aliphatic heterocycles. The molecule has 0 amide bonds. The summed E-state index contributed by atoms with van der Waals surface area (Å²) >= 11 is 0. The minimum Gasteiger partial charge on any atom is -0.383 e. The van der Waals surface area contributed by atoms with Gasteiger partial charge in [-0.2, -0.15) is 0 Å². The topological polar surface area (TPSA) is 64.4 Å². The van der Waals surface area contributed by atoms with Gasteiger partial charge in [0, 0.05) is 45.1 Å². The average molecular weight is 329 g/mol. The predicted octanol–water partition coefficient (Wildman–Crippen LogP) is 1.44. The lowest BCUT2D eigenvalue weighted by Crippen LogP contribution is -2.31. The molecule has 1 aromatic rings. The van der Waals surface area contributed by atoms with E-state index in [9.17, 15) is 8.42 Å². The first kappa shape index (κ1) is 17.4. The van der Waals surface area contributed by atoms with E-state index < -0.39 is 10.0 Å². The molecule has 0 bridgehead atoms. The van der Waals surface area contributed by atoms with Crippen LogP contribution in [-0.4, -0.2) is 54.8 Å². The number of aryl methyl sites for hydroxylation is 1. The maximum atomic E-state index is 12.1. The van der Waals surface area contributed by atoms with Gasteiger partial charge in [-0.3, -0.25) is 0 Å².